The minimum atomic E-state index is -0.991. The maximum Gasteiger partial charge on any atom is 0.232 e. The summed E-state index contributed by atoms with van der Waals surface area (Å²) in [7, 11) is 0. The Kier molecular flexibility index (Phi) is 4.69. The van der Waals surface area contributed by atoms with E-state index in [2.05, 4.69) is 20.3 Å². The standard InChI is InChI=1S/C17H15F2N5O/c1-10-2-4-11(5-3-10)21-17-23-15(22-16(20)24-17)9-25-12-6-7-13(18)14(19)8-12/h2-8H,9H2,1H3,(H3,20,21,22,23,24). The Labute approximate surface area is 142 Å². The van der Waals surface area contributed by atoms with E-state index in [1.807, 2.05) is 31.2 Å². The number of aromatic nitrogens is 3. The molecule has 0 unspecified atom stereocenters. The molecular formula is C17H15F2N5O. The molecule has 0 aliphatic carbocycles. The molecule has 128 valence electrons. The molecule has 1 aromatic heterocycles. The second-order valence-electron chi connectivity index (χ2n) is 5.29. The first-order valence-corrected chi connectivity index (χ1v) is 7.41. The van der Waals surface area contributed by atoms with Crippen LogP contribution in [-0.2, 0) is 6.61 Å². The fraction of sp³-hybridized carbons (Fsp3) is 0.118. The monoisotopic (exact) mass is 343 g/mol. The predicted octanol–water partition coefficient (Wildman–Crippen LogP) is 3.36. The van der Waals surface area contributed by atoms with Crippen molar-refractivity contribution in [3.05, 3.63) is 65.5 Å². The Morgan fingerprint density at radius 3 is 2.48 bits per heavy atom. The van der Waals surface area contributed by atoms with Crippen molar-refractivity contribution >= 4 is 17.6 Å². The van der Waals surface area contributed by atoms with Gasteiger partial charge in [-0.25, -0.2) is 8.78 Å². The molecular weight excluding hydrogens is 328 g/mol. The number of ether oxygens (including phenoxy) is 1. The molecule has 0 atom stereocenters. The first-order chi connectivity index (χ1) is 12.0. The lowest BCUT2D eigenvalue weighted by Crippen LogP contribution is -2.09. The van der Waals surface area contributed by atoms with Crippen LogP contribution in [0, 0.1) is 18.6 Å². The number of nitrogens with zero attached hydrogens (tertiary/aromatic N) is 3. The third kappa shape index (κ3) is 4.37. The molecule has 0 saturated heterocycles. The van der Waals surface area contributed by atoms with Crippen LogP contribution in [0.15, 0.2) is 42.5 Å². The Morgan fingerprint density at radius 1 is 1.00 bits per heavy atom. The first-order valence-electron chi connectivity index (χ1n) is 7.41. The van der Waals surface area contributed by atoms with Crippen LogP contribution in [-0.4, -0.2) is 15.0 Å². The van der Waals surface area contributed by atoms with Crippen LogP contribution in [0.5, 0.6) is 5.75 Å². The van der Waals surface area contributed by atoms with Gasteiger partial charge in [0, 0.05) is 11.8 Å². The highest BCUT2D eigenvalue weighted by atomic mass is 19.2. The third-order valence-corrected chi connectivity index (χ3v) is 3.27. The molecule has 0 spiro atoms. The zero-order valence-electron chi connectivity index (χ0n) is 13.3. The number of nitrogen functional groups attached to an aromatic ring is 1. The molecule has 3 N–H and O–H groups in total. The van der Waals surface area contributed by atoms with E-state index in [0.29, 0.717) is 0 Å². The van der Waals surface area contributed by atoms with Gasteiger partial charge in [0.15, 0.2) is 17.5 Å². The number of nitrogens with one attached hydrogen (secondary N) is 1. The molecule has 6 nitrogen and oxygen atoms in total. The highest BCUT2D eigenvalue weighted by molar-refractivity contribution is 5.54. The normalized spacial score (nSPS) is 10.5. The molecule has 1 heterocycles. The second-order valence-corrected chi connectivity index (χ2v) is 5.29. The highest BCUT2D eigenvalue weighted by Crippen LogP contribution is 2.18. The minimum absolute atomic E-state index is 0.0218. The van der Waals surface area contributed by atoms with E-state index in [0.717, 1.165) is 23.4 Å². The van der Waals surface area contributed by atoms with Gasteiger partial charge in [-0.15, -0.1) is 0 Å². The van der Waals surface area contributed by atoms with Crippen LogP contribution in [0.2, 0.25) is 0 Å². The second kappa shape index (κ2) is 7.08. The van der Waals surface area contributed by atoms with E-state index in [1.54, 1.807) is 0 Å². The van der Waals surface area contributed by atoms with Crippen molar-refractivity contribution in [3.63, 3.8) is 0 Å². The molecule has 0 aliphatic rings. The topological polar surface area (TPSA) is 86.0 Å². The van der Waals surface area contributed by atoms with Crippen molar-refractivity contribution < 1.29 is 13.5 Å². The Morgan fingerprint density at radius 2 is 1.76 bits per heavy atom. The molecule has 25 heavy (non-hydrogen) atoms. The molecule has 8 heteroatoms. The molecule has 0 aliphatic heterocycles. The summed E-state index contributed by atoms with van der Waals surface area (Å²) in [5.41, 5.74) is 7.60. The van der Waals surface area contributed by atoms with Crippen molar-refractivity contribution in [2.45, 2.75) is 13.5 Å². The van der Waals surface area contributed by atoms with Crippen LogP contribution in [0.1, 0.15) is 11.4 Å². The molecule has 0 amide bonds. The van der Waals surface area contributed by atoms with E-state index in [1.165, 1.54) is 6.07 Å². The van der Waals surface area contributed by atoms with E-state index in [9.17, 15) is 8.78 Å². The number of hydrogen-bond acceptors (Lipinski definition) is 6. The Hall–Kier alpha value is -3.29. The van der Waals surface area contributed by atoms with Crippen molar-refractivity contribution in [1.82, 2.24) is 15.0 Å². The molecule has 0 saturated carbocycles. The Bertz CT molecular complexity index is 887. The number of anilines is 3. The minimum Gasteiger partial charge on any atom is -0.485 e. The molecule has 3 rings (SSSR count). The Balaban J connectivity index is 1.72. The summed E-state index contributed by atoms with van der Waals surface area (Å²) in [4.78, 5) is 12.2. The summed E-state index contributed by atoms with van der Waals surface area (Å²) in [5.74, 6) is -1.23. The van der Waals surface area contributed by atoms with Crippen LogP contribution >= 0.6 is 0 Å². The maximum atomic E-state index is 13.2. The van der Waals surface area contributed by atoms with Crippen LogP contribution in [0.3, 0.4) is 0 Å². The number of hydrogen-bond donors (Lipinski definition) is 2. The number of benzene rings is 2. The maximum absolute atomic E-state index is 13.2. The summed E-state index contributed by atoms with van der Waals surface area (Å²) in [6.45, 7) is 1.92. The van der Waals surface area contributed by atoms with Gasteiger partial charge < -0.3 is 15.8 Å². The lowest BCUT2D eigenvalue weighted by atomic mass is 10.2. The van der Waals surface area contributed by atoms with Gasteiger partial charge in [0.25, 0.3) is 0 Å². The summed E-state index contributed by atoms with van der Waals surface area (Å²) in [6, 6.07) is 10.9. The predicted molar refractivity (Wildman–Crippen MR) is 89.4 cm³/mol. The molecule has 2 aromatic carbocycles. The summed E-state index contributed by atoms with van der Waals surface area (Å²) < 4.78 is 31.5. The third-order valence-electron chi connectivity index (χ3n) is 3.27. The fourth-order valence-corrected chi connectivity index (χ4v) is 2.04. The van der Waals surface area contributed by atoms with Crippen molar-refractivity contribution in [2.75, 3.05) is 11.1 Å². The average Bonchev–Trinajstić information content (AvgIpc) is 2.58. The van der Waals surface area contributed by atoms with Gasteiger partial charge in [-0.3, -0.25) is 0 Å². The van der Waals surface area contributed by atoms with Crippen LogP contribution in [0.25, 0.3) is 0 Å². The van der Waals surface area contributed by atoms with Gasteiger partial charge in [0.1, 0.15) is 12.4 Å². The quantitative estimate of drug-likeness (QED) is 0.739. The smallest absolute Gasteiger partial charge is 0.232 e. The zero-order chi connectivity index (χ0) is 17.8. The molecule has 0 radical (unpaired) electrons. The number of aryl methyl sites for hydroxylation is 1. The van der Waals surface area contributed by atoms with Gasteiger partial charge in [-0.05, 0) is 31.2 Å². The SMILES string of the molecule is Cc1ccc(Nc2nc(N)nc(COc3ccc(F)c(F)c3)n2)cc1. The van der Waals surface area contributed by atoms with Gasteiger partial charge in [-0.1, -0.05) is 17.7 Å². The summed E-state index contributed by atoms with van der Waals surface area (Å²) in [6.07, 6.45) is 0. The van der Waals surface area contributed by atoms with Crippen molar-refractivity contribution in [3.8, 4) is 5.75 Å². The fourth-order valence-electron chi connectivity index (χ4n) is 2.04. The van der Waals surface area contributed by atoms with E-state index >= 15 is 0 Å². The lowest BCUT2D eigenvalue weighted by Gasteiger charge is -2.09. The summed E-state index contributed by atoms with van der Waals surface area (Å²) in [5, 5.41) is 3.02. The van der Waals surface area contributed by atoms with E-state index in [4.69, 9.17) is 10.5 Å². The first kappa shape index (κ1) is 16.6. The van der Waals surface area contributed by atoms with Gasteiger partial charge >= 0.3 is 0 Å². The van der Waals surface area contributed by atoms with Crippen LogP contribution in [0.4, 0.5) is 26.4 Å². The lowest BCUT2D eigenvalue weighted by molar-refractivity contribution is 0.293. The zero-order valence-corrected chi connectivity index (χ0v) is 13.3. The molecule has 0 bridgehead atoms. The molecule has 0 fully saturated rings. The van der Waals surface area contributed by atoms with E-state index < -0.39 is 11.6 Å². The van der Waals surface area contributed by atoms with Gasteiger partial charge in [-0.2, -0.15) is 15.0 Å². The molecule has 3 aromatic rings. The van der Waals surface area contributed by atoms with Gasteiger partial charge in [0.2, 0.25) is 11.9 Å². The number of halogens is 2. The summed E-state index contributed by atoms with van der Waals surface area (Å²) >= 11 is 0. The average molecular weight is 343 g/mol. The number of rotatable bonds is 5. The van der Waals surface area contributed by atoms with Crippen LogP contribution < -0.4 is 15.8 Å². The van der Waals surface area contributed by atoms with Crippen molar-refractivity contribution in [1.29, 1.82) is 0 Å². The number of nitrogens with two attached hydrogens (primary N) is 1. The largest absolute Gasteiger partial charge is 0.485 e. The highest BCUT2D eigenvalue weighted by Gasteiger charge is 2.08. The van der Waals surface area contributed by atoms with Gasteiger partial charge in [0.05, 0.1) is 0 Å². The van der Waals surface area contributed by atoms with E-state index in [-0.39, 0.29) is 30.1 Å². The van der Waals surface area contributed by atoms with Crippen molar-refractivity contribution in [2.24, 2.45) is 0 Å².